The second-order valence-corrected chi connectivity index (χ2v) is 6.36. The van der Waals surface area contributed by atoms with Gasteiger partial charge in [0.05, 0.1) is 0 Å². The van der Waals surface area contributed by atoms with Gasteiger partial charge in [-0.05, 0) is 50.3 Å². The monoisotopic (exact) mass is 301 g/mol. The first-order valence-corrected chi connectivity index (χ1v) is 8.11. The standard InChI is InChI=1S/C17H23N3O2/c1-11-6-7-12(16(21)18-14-8-9-14)10-15(11)20-17(22)19-13-4-2-3-5-13/h6-7,10,13-14H,2-5,8-9H2,1H3,(H,18,21)(H2,19,20,22). The Morgan fingerprint density at radius 3 is 2.36 bits per heavy atom. The molecule has 0 aliphatic heterocycles. The highest BCUT2D eigenvalue weighted by Gasteiger charge is 2.24. The fraction of sp³-hybridized carbons (Fsp3) is 0.529. The van der Waals surface area contributed by atoms with Crippen LogP contribution in [0.15, 0.2) is 18.2 Å². The highest BCUT2D eigenvalue weighted by Crippen LogP contribution is 2.22. The van der Waals surface area contributed by atoms with Gasteiger partial charge in [0.1, 0.15) is 0 Å². The van der Waals surface area contributed by atoms with E-state index in [9.17, 15) is 9.59 Å². The van der Waals surface area contributed by atoms with Gasteiger partial charge in [-0.1, -0.05) is 18.9 Å². The maximum absolute atomic E-state index is 12.1. The van der Waals surface area contributed by atoms with Crippen LogP contribution in [-0.4, -0.2) is 24.0 Å². The zero-order chi connectivity index (χ0) is 15.5. The zero-order valence-corrected chi connectivity index (χ0v) is 12.9. The van der Waals surface area contributed by atoms with Crippen LogP contribution in [0.1, 0.15) is 54.4 Å². The molecular weight excluding hydrogens is 278 g/mol. The average molecular weight is 301 g/mol. The Labute approximate surface area is 130 Å². The highest BCUT2D eigenvalue weighted by molar-refractivity contribution is 5.97. The summed E-state index contributed by atoms with van der Waals surface area (Å²) in [5.74, 6) is -0.0678. The first-order valence-electron chi connectivity index (χ1n) is 8.11. The summed E-state index contributed by atoms with van der Waals surface area (Å²) in [6.45, 7) is 1.92. The van der Waals surface area contributed by atoms with E-state index in [1.807, 2.05) is 13.0 Å². The fourth-order valence-electron chi connectivity index (χ4n) is 2.81. The number of rotatable bonds is 4. The highest BCUT2D eigenvalue weighted by atomic mass is 16.2. The molecule has 0 saturated heterocycles. The van der Waals surface area contributed by atoms with Gasteiger partial charge < -0.3 is 16.0 Å². The molecule has 2 aliphatic rings. The van der Waals surface area contributed by atoms with Crippen LogP contribution >= 0.6 is 0 Å². The van der Waals surface area contributed by atoms with E-state index in [2.05, 4.69) is 16.0 Å². The van der Waals surface area contributed by atoms with Crippen LogP contribution in [0.25, 0.3) is 0 Å². The van der Waals surface area contributed by atoms with Crippen molar-refractivity contribution >= 4 is 17.6 Å². The second kappa shape index (κ2) is 6.38. The average Bonchev–Trinajstić information content (AvgIpc) is 3.15. The molecule has 0 bridgehead atoms. The Bertz CT molecular complexity index is 575. The topological polar surface area (TPSA) is 70.2 Å². The molecule has 3 N–H and O–H groups in total. The minimum Gasteiger partial charge on any atom is -0.349 e. The Kier molecular flexibility index (Phi) is 4.32. The Balaban J connectivity index is 1.63. The lowest BCUT2D eigenvalue weighted by molar-refractivity contribution is 0.0951. The molecule has 22 heavy (non-hydrogen) atoms. The molecule has 3 rings (SSSR count). The molecule has 0 spiro atoms. The molecule has 2 aliphatic carbocycles. The van der Waals surface area contributed by atoms with Gasteiger partial charge in [0, 0.05) is 23.3 Å². The van der Waals surface area contributed by atoms with Gasteiger partial charge in [-0.25, -0.2) is 4.79 Å². The summed E-state index contributed by atoms with van der Waals surface area (Å²) in [7, 11) is 0. The molecule has 0 aromatic heterocycles. The maximum Gasteiger partial charge on any atom is 0.319 e. The van der Waals surface area contributed by atoms with E-state index in [4.69, 9.17) is 0 Å². The molecule has 0 radical (unpaired) electrons. The Morgan fingerprint density at radius 2 is 1.68 bits per heavy atom. The summed E-state index contributed by atoms with van der Waals surface area (Å²) in [5, 5.41) is 8.83. The largest absolute Gasteiger partial charge is 0.349 e. The fourth-order valence-corrected chi connectivity index (χ4v) is 2.81. The quantitative estimate of drug-likeness (QED) is 0.800. The molecule has 3 amide bonds. The van der Waals surface area contributed by atoms with Gasteiger partial charge in [0.15, 0.2) is 0 Å². The third kappa shape index (κ3) is 3.78. The lowest BCUT2D eigenvalue weighted by Gasteiger charge is -2.15. The van der Waals surface area contributed by atoms with Crippen LogP contribution in [0.4, 0.5) is 10.5 Å². The van der Waals surface area contributed by atoms with Crippen LogP contribution in [0.5, 0.6) is 0 Å². The lowest BCUT2D eigenvalue weighted by atomic mass is 10.1. The smallest absolute Gasteiger partial charge is 0.319 e. The predicted octanol–water partition coefficient (Wildman–Crippen LogP) is 2.95. The number of aryl methyl sites for hydroxylation is 1. The van der Waals surface area contributed by atoms with E-state index in [1.165, 1.54) is 12.8 Å². The molecule has 0 atom stereocenters. The minimum absolute atomic E-state index is 0.0678. The molecule has 2 fully saturated rings. The maximum atomic E-state index is 12.1. The van der Waals surface area contributed by atoms with Crippen molar-refractivity contribution in [1.82, 2.24) is 10.6 Å². The first kappa shape index (κ1) is 14.9. The number of benzene rings is 1. The number of carbonyl (C=O) groups excluding carboxylic acids is 2. The van der Waals surface area contributed by atoms with E-state index in [0.717, 1.165) is 31.2 Å². The first-order chi connectivity index (χ1) is 10.6. The van der Waals surface area contributed by atoms with E-state index < -0.39 is 0 Å². The Morgan fingerprint density at radius 1 is 1.00 bits per heavy atom. The van der Waals surface area contributed by atoms with Crippen LogP contribution < -0.4 is 16.0 Å². The molecule has 5 nitrogen and oxygen atoms in total. The summed E-state index contributed by atoms with van der Waals surface area (Å²) in [4.78, 5) is 24.2. The Hall–Kier alpha value is -2.04. The molecule has 118 valence electrons. The summed E-state index contributed by atoms with van der Waals surface area (Å²) >= 11 is 0. The number of amides is 3. The van der Waals surface area contributed by atoms with Gasteiger partial charge >= 0.3 is 6.03 Å². The van der Waals surface area contributed by atoms with Crippen molar-refractivity contribution in [2.45, 2.75) is 57.5 Å². The number of nitrogens with one attached hydrogen (secondary N) is 3. The van der Waals surface area contributed by atoms with E-state index >= 15 is 0 Å². The normalized spacial score (nSPS) is 18.0. The van der Waals surface area contributed by atoms with Crippen LogP contribution in [-0.2, 0) is 0 Å². The van der Waals surface area contributed by atoms with Crippen molar-refractivity contribution < 1.29 is 9.59 Å². The molecule has 2 saturated carbocycles. The van der Waals surface area contributed by atoms with Gasteiger partial charge in [0.25, 0.3) is 5.91 Å². The van der Waals surface area contributed by atoms with Crippen LogP contribution in [0, 0.1) is 6.92 Å². The molecule has 1 aromatic rings. The third-order valence-corrected chi connectivity index (χ3v) is 4.35. The SMILES string of the molecule is Cc1ccc(C(=O)NC2CC2)cc1NC(=O)NC1CCCC1. The van der Waals surface area contributed by atoms with Crippen LogP contribution in [0.2, 0.25) is 0 Å². The lowest BCUT2D eigenvalue weighted by Crippen LogP contribution is -2.36. The van der Waals surface area contributed by atoms with E-state index in [0.29, 0.717) is 17.3 Å². The third-order valence-electron chi connectivity index (χ3n) is 4.35. The van der Waals surface area contributed by atoms with Crippen molar-refractivity contribution in [3.8, 4) is 0 Å². The summed E-state index contributed by atoms with van der Waals surface area (Å²) in [5.41, 5.74) is 2.23. The van der Waals surface area contributed by atoms with Gasteiger partial charge in [0.2, 0.25) is 0 Å². The van der Waals surface area contributed by atoms with Crippen molar-refractivity contribution in [2.24, 2.45) is 0 Å². The molecule has 0 heterocycles. The molecule has 5 heteroatoms. The minimum atomic E-state index is -0.185. The predicted molar refractivity (Wildman–Crippen MR) is 86.1 cm³/mol. The van der Waals surface area contributed by atoms with Crippen molar-refractivity contribution in [3.05, 3.63) is 29.3 Å². The van der Waals surface area contributed by atoms with Crippen molar-refractivity contribution in [3.63, 3.8) is 0 Å². The van der Waals surface area contributed by atoms with E-state index in [-0.39, 0.29) is 18.0 Å². The van der Waals surface area contributed by atoms with Crippen molar-refractivity contribution in [2.75, 3.05) is 5.32 Å². The number of hydrogen-bond donors (Lipinski definition) is 3. The second-order valence-electron chi connectivity index (χ2n) is 6.36. The molecular formula is C17H23N3O2. The van der Waals surface area contributed by atoms with Crippen molar-refractivity contribution in [1.29, 1.82) is 0 Å². The van der Waals surface area contributed by atoms with Gasteiger partial charge in [-0.3, -0.25) is 4.79 Å². The number of urea groups is 1. The summed E-state index contributed by atoms with van der Waals surface area (Å²) < 4.78 is 0. The van der Waals surface area contributed by atoms with Gasteiger partial charge in [-0.15, -0.1) is 0 Å². The molecule has 0 unspecified atom stereocenters. The molecule has 1 aromatic carbocycles. The number of carbonyl (C=O) groups is 2. The van der Waals surface area contributed by atoms with E-state index in [1.54, 1.807) is 12.1 Å². The number of hydrogen-bond acceptors (Lipinski definition) is 2. The number of anilines is 1. The van der Waals surface area contributed by atoms with Crippen LogP contribution in [0.3, 0.4) is 0 Å². The van der Waals surface area contributed by atoms with Gasteiger partial charge in [-0.2, -0.15) is 0 Å². The zero-order valence-electron chi connectivity index (χ0n) is 12.9. The summed E-state index contributed by atoms with van der Waals surface area (Å²) in [6, 6.07) is 5.84. The summed E-state index contributed by atoms with van der Waals surface area (Å²) in [6.07, 6.45) is 6.59.